The fourth-order valence-electron chi connectivity index (χ4n) is 1.30. The van der Waals surface area contributed by atoms with Crippen LogP contribution in [-0.4, -0.2) is 12.5 Å². The highest BCUT2D eigenvalue weighted by atomic mass is 19.4. The van der Waals surface area contributed by atoms with Crippen LogP contribution in [0.15, 0.2) is 30.3 Å². The molecular weight excluding hydrogens is 243 g/mol. The number of nitrogens with one attached hydrogen (secondary N) is 1. The summed E-state index contributed by atoms with van der Waals surface area (Å²) in [5, 5.41) is 2.60. The zero-order valence-electron chi connectivity index (χ0n) is 9.92. The fraction of sp³-hybridized carbons (Fsp3) is 0.308. The minimum Gasteiger partial charge on any atom is -0.353 e. The van der Waals surface area contributed by atoms with E-state index in [0.29, 0.717) is 12.1 Å². The van der Waals surface area contributed by atoms with Gasteiger partial charge in [-0.15, -0.1) is 0 Å². The minimum absolute atomic E-state index is 0.311. The van der Waals surface area contributed by atoms with Crippen LogP contribution in [0.2, 0.25) is 0 Å². The van der Waals surface area contributed by atoms with Crippen LogP contribution in [0.1, 0.15) is 24.5 Å². The van der Waals surface area contributed by atoms with Crippen molar-refractivity contribution in [2.24, 2.45) is 0 Å². The summed E-state index contributed by atoms with van der Waals surface area (Å²) < 4.78 is 37.3. The fourth-order valence-corrected chi connectivity index (χ4v) is 1.30. The predicted octanol–water partition coefficient (Wildman–Crippen LogP) is 3.24. The first-order chi connectivity index (χ1) is 8.43. The van der Waals surface area contributed by atoms with E-state index in [2.05, 4.69) is 5.32 Å². The number of amides is 1. The Kier molecular flexibility index (Phi) is 4.95. The topological polar surface area (TPSA) is 29.1 Å². The van der Waals surface area contributed by atoms with Gasteiger partial charge in [0, 0.05) is 12.6 Å². The first-order valence-electron chi connectivity index (χ1n) is 5.56. The number of hydrogen-bond donors (Lipinski definition) is 1. The van der Waals surface area contributed by atoms with E-state index in [1.807, 2.05) is 6.92 Å². The molecule has 0 radical (unpaired) electrons. The smallest absolute Gasteiger partial charge is 0.353 e. The van der Waals surface area contributed by atoms with Gasteiger partial charge < -0.3 is 5.32 Å². The van der Waals surface area contributed by atoms with Crippen LogP contribution in [0.4, 0.5) is 13.2 Å². The molecule has 1 rings (SSSR count). The van der Waals surface area contributed by atoms with Gasteiger partial charge in [0.2, 0.25) is 5.91 Å². The third-order valence-corrected chi connectivity index (χ3v) is 2.19. The summed E-state index contributed by atoms with van der Waals surface area (Å²) in [5.74, 6) is -0.311. The maximum Gasteiger partial charge on any atom is 0.416 e. The molecule has 2 nitrogen and oxygen atoms in total. The highest BCUT2D eigenvalue weighted by Crippen LogP contribution is 2.29. The minimum atomic E-state index is -4.37. The summed E-state index contributed by atoms with van der Waals surface area (Å²) in [7, 11) is 0. The Hall–Kier alpha value is -1.78. The Labute approximate surface area is 104 Å². The molecule has 0 fully saturated rings. The van der Waals surface area contributed by atoms with E-state index in [-0.39, 0.29) is 5.91 Å². The van der Waals surface area contributed by atoms with Crippen LogP contribution in [-0.2, 0) is 11.0 Å². The Morgan fingerprint density at radius 1 is 1.39 bits per heavy atom. The molecule has 0 saturated heterocycles. The van der Waals surface area contributed by atoms with Crippen molar-refractivity contribution in [3.63, 3.8) is 0 Å². The number of benzene rings is 1. The number of hydrogen-bond acceptors (Lipinski definition) is 1. The summed E-state index contributed by atoms with van der Waals surface area (Å²) in [6, 6.07) is 4.82. The molecule has 0 saturated carbocycles. The molecule has 0 heterocycles. The number of rotatable bonds is 4. The van der Waals surface area contributed by atoms with E-state index < -0.39 is 11.7 Å². The van der Waals surface area contributed by atoms with Crippen molar-refractivity contribution >= 4 is 12.0 Å². The molecule has 0 aliphatic rings. The first-order valence-corrected chi connectivity index (χ1v) is 5.56. The van der Waals surface area contributed by atoms with Crippen molar-refractivity contribution in [1.29, 1.82) is 0 Å². The van der Waals surface area contributed by atoms with E-state index in [0.717, 1.165) is 18.6 Å². The van der Waals surface area contributed by atoms with Gasteiger partial charge in [0.15, 0.2) is 0 Å². The Bertz CT molecular complexity index is 438. The van der Waals surface area contributed by atoms with Gasteiger partial charge in [0.1, 0.15) is 0 Å². The standard InChI is InChI=1S/C13H14F3NO/c1-2-8-17-12(18)7-6-10-4-3-5-11(9-10)13(14,15)16/h3-7,9H,2,8H2,1H3,(H,17,18). The van der Waals surface area contributed by atoms with E-state index in [4.69, 9.17) is 0 Å². The normalized spacial score (nSPS) is 11.8. The average Bonchev–Trinajstić information content (AvgIpc) is 2.33. The summed E-state index contributed by atoms with van der Waals surface area (Å²) in [6.45, 7) is 2.46. The molecule has 5 heteroatoms. The molecule has 0 spiro atoms. The molecule has 1 aromatic rings. The van der Waals surface area contributed by atoms with E-state index in [1.165, 1.54) is 24.3 Å². The van der Waals surface area contributed by atoms with Crippen molar-refractivity contribution in [2.45, 2.75) is 19.5 Å². The molecular formula is C13H14F3NO. The Morgan fingerprint density at radius 2 is 2.11 bits per heavy atom. The van der Waals surface area contributed by atoms with Crippen molar-refractivity contribution in [3.8, 4) is 0 Å². The van der Waals surface area contributed by atoms with Gasteiger partial charge in [-0.1, -0.05) is 19.1 Å². The van der Waals surface area contributed by atoms with Crippen molar-refractivity contribution in [1.82, 2.24) is 5.32 Å². The van der Waals surface area contributed by atoms with Gasteiger partial charge in [0.25, 0.3) is 0 Å². The maximum absolute atomic E-state index is 12.4. The van der Waals surface area contributed by atoms with Gasteiger partial charge in [0.05, 0.1) is 5.56 Å². The van der Waals surface area contributed by atoms with E-state index in [9.17, 15) is 18.0 Å². The molecule has 0 atom stereocenters. The lowest BCUT2D eigenvalue weighted by Gasteiger charge is -2.06. The van der Waals surface area contributed by atoms with Crippen molar-refractivity contribution in [3.05, 3.63) is 41.5 Å². The summed E-state index contributed by atoms with van der Waals surface area (Å²) in [4.78, 5) is 11.2. The van der Waals surface area contributed by atoms with Gasteiger partial charge in [-0.2, -0.15) is 13.2 Å². The number of alkyl halides is 3. The van der Waals surface area contributed by atoms with E-state index in [1.54, 1.807) is 0 Å². The quantitative estimate of drug-likeness (QED) is 0.824. The maximum atomic E-state index is 12.4. The zero-order chi connectivity index (χ0) is 13.6. The third-order valence-electron chi connectivity index (χ3n) is 2.19. The molecule has 18 heavy (non-hydrogen) atoms. The van der Waals surface area contributed by atoms with Crippen LogP contribution >= 0.6 is 0 Å². The molecule has 0 aliphatic carbocycles. The predicted molar refractivity (Wildman–Crippen MR) is 63.8 cm³/mol. The second-order valence-electron chi connectivity index (χ2n) is 3.75. The summed E-state index contributed by atoms with van der Waals surface area (Å²) >= 11 is 0. The highest BCUT2D eigenvalue weighted by molar-refractivity contribution is 5.91. The Morgan fingerprint density at radius 3 is 2.72 bits per heavy atom. The monoisotopic (exact) mass is 257 g/mol. The van der Waals surface area contributed by atoms with Gasteiger partial charge in [-0.25, -0.2) is 0 Å². The number of carbonyl (C=O) groups is 1. The second-order valence-corrected chi connectivity index (χ2v) is 3.75. The summed E-state index contributed by atoms with van der Waals surface area (Å²) in [6.07, 6.45) is -0.969. The lowest BCUT2D eigenvalue weighted by molar-refractivity contribution is -0.137. The molecule has 0 unspecified atom stereocenters. The lowest BCUT2D eigenvalue weighted by Crippen LogP contribution is -2.21. The van der Waals surface area contributed by atoms with Gasteiger partial charge in [-0.3, -0.25) is 4.79 Å². The SMILES string of the molecule is CCCNC(=O)C=Cc1cccc(C(F)(F)F)c1. The molecule has 0 bridgehead atoms. The van der Waals surface area contributed by atoms with Crippen LogP contribution in [0.5, 0.6) is 0 Å². The molecule has 98 valence electrons. The largest absolute Gasteiger partial charge is 0.416 e. The van der Waals surface area contributed by atoms with Gasteiger partial charge >= 0.3 is 6.18 Å². The average molecular weight is 257 g/mol. The second kappa shape index (κ2) is 6.23. The van der Waals surface area contributed by atoms with Crippen LogP contribution in [0.3, 0.4) is 0 Å². The molecule has 0 aromatic heterocycles. The third kappa shape index (κ3) is 4.61. The van der Waals surface area contributed by atoms with Crippen molar-refractivity contribution in [2.75, 3.05) is 6.54 Å². The van der Waals surface area contributed by atoms with E-state index >= 15 is 0 Å². The lowest BCUT2D eigenvalue weighted by atomic mass is 10.1. The molecule has 1 N–H and O–H groups in total. The van der Waals surface area contributed by atoms with Crippen LogP contribution < -0.4 is 5.32 Å². The van der Waals surface area contributed by atoms with Crippen molar-refractivity contribution < 1.29 is 18.0 Å². The first kappa shape index (κ1) is 14.3. The number of halogens is 3. The van der Waals surface area contributed by atoms with Gasteiger partial charge in [-0.05, 0) is 30.2 Å². The molecule has 1 aromatic carbocycles. The molecule has 0 aliphatic heterocycles. The molecule has 1 amide bonds. The zero-order valence-corrected chi connectivity index (χ0v) is 9.92. The summed E-state index contributed by atoms with van der Waals surface area (Å²) in [5.41, 5.74) is -0.380. The van der Waals surface area contributed by atoms with Crippen LogP contribution in [0, 0.1) is 0 Å². The Balaban J connectivity index is 2.73. The van der Waals surface area contributed by atoms with Crippen LogP contribution in [0.25, 0.3) is 6.08 Å². The number of carbonyl (C=O) groups excluding carboxylic acids is 1. The highest BCUT2D eigenvalue weighted by Gasteiger charge is 2.30.